The summed E-state index contributed by atoms with van der Waals surface area (Å²) in [5.74, 6) is -0.363. The average molecular weight is 364 g/mol. The molecular formula is C17H28N6O3. The number of carbonyl (C=O) groups is 1. The van der Waals surface area contributed by atoms with E-state index >= 15 is 0 Å². The molecule has 0 radical (unpaired) electrons. The van der Waals surface area contributed by atoms with Gasteiger partial charge in [0.15, 0.2) is 11.2 Å². The molecule has 1 N–H and O–H groups in total. The van der Waals surface area contributed by atoms with E-state index in [2.05, 4.69) is 42.9 Å². The van der Waals surface area contributed by atoms with Crippen LogP contribution in [-0.2, 0) is 25.4 Å². The maximum absolute atomic E-state index is 12.6. The Balaban J connectivity index is 2.14. The van der Waals surface area contributed by atoms with E-state index in [1.54, 1.807) is 11.6 Å². The van der Waals surface area contributed by atoms with Gasteiger partial charge in [-0.25, -0.2) is 14.3 Å². The van der Waals surface area contributed by atoms with Crippen molar-refractivity contribution in [3.8, 4) is 0 Å². The number of imidazole rings is 1. The van der Waals surface area contributed by atoms with Gasteiger partial charge in [-0.2, -0.15) is 0 Å². The first kappa shape index (κ1) is 19.9. The molecule has 2 heterocycles. The largest absolute Gasteiger partial charge is 0.353 e. The number of nitrogens with zero attached hydrogens (tertiary/aromatic N) is 5. The second-order valence-corrected chi connectivity index (χ2v) is 7.04. The highest BCUT2D eigenvalue weighted by atomic mass is 16.2. The molecule has 2 aromatic heterocycles. The van der Waals surface area contributed by atoms with Crippen LogP contribution in [-0.4, -0.2) is 54.7 Å². The van der Waals surface area contributed by atoms with E-state index in [1.807, 2.05) is 0 Å². The topological polar surface area (TPSA) is 94.2 Å². The number of rotatable bonds is 7. The molecule has 0 aliphatic heterocycles. The monoisotopic (exact) mass is 364 g/mol. The first-order valence-corrected chi connectivity index (χ1v) is 8.78. The Hall–Kier alpha value is -2.42. The number of aryl methyl sites for hydroxylation is 2. The number of hydrogen-bond donors (Lipinski definition) is 1. The zero-order valence-corrected chi connectivity index (χ0v) is 16.3. The lowest BCUT2D eigenvalue weighted by molar-refractivity contribution is -0.121. The maximum Gasteiger partial charge on any atom is 0.332 e. The van der Waals surface area contributed by atoms with Crippen LogP contribution in [0.15, 0.2) is 15.9 Å². The summed E-state index contributed by atoms with van der Waals surface area (Å²) in [4.78, 5) is 43.6. The van der Waals surface area contributed by atoms with Crippen LogP contribution >= 0.6 is 0 Å². The van der Waals surface area contributed by atoms with Gasteiger partial charge < -0.3 is 9.88 Å². The molecule has 144 valence electrons. The van der Waals surface area contributed by atoms with Crippen molar-refractivity contribution in [2.45, 2.75) is 46.3 Å². The van der Waals surface area contributed by atoms with Crippen LogP contribution < -0.4 is 16.6 Å². The molecule has 2 rings (SSSR count). The summed E-state index contributed by atoms with van der Waals surface area (Å²) in [5.41, 5.74) is -0.457. The van der Waals surface area contributed by atoms with Crippen LogP contribution in [0.5, 0.6) is 0 Å². The number of carbonyl (C=O) groups excluding carboxylic acids is 1. The molecule has 0 atom stereocenters. The zero-order valence-electron chi connectivity index (χ0n) is 16.3. The number of aromatic nitrogens is 4. The molecule has 0 saturated heterocycles. The molecule has 0 aliphatic rings. The first-order valence-electron chi connectivity index (χ1n) is 8.78. The van der Waals surface area contributed by atoms with Crippen LogP contribution in [0.4, 0.5) is 0 Å². The third-order valence-corrected chi connectivity index (χ3v) is 4.52. The lowest BCUT2D eigenvalue weighted by atomic mass is 10.2. The van der Waals surface area contributed by atoms with Crippen LogP contribution in [0.3, 0.4) is 0 Å². The highest BCUT2D eigenvalue weighted by molar-refractivity contribution is 5.76. The van der Waals surface area contributed by atoms with Crippen molar-refractivity contribution in [1.82, 2.24) is 28.9 Å². The van der Waals surface area contributed by atoms with Gasteiger partial charge in [0.25, 0.3) is 5.56 Å². The van der Waals surface area contributed by atoms with E-state index in [-0.39, 0.29) is 12.5 Å². The van der Waals surface area contributed by atoms with E-state index < -0.39 is 11.2 Å². The van der Waals surface area contributed by atoms with Gasteiger partial charge in [0, 0.05) is 39.3 Å². The molecule has 0 aromatic carbocycles. The van der Waals surface area contributed by atoms with E-state index in [9.17, 15) is 14.4 Å². The van der Waals surface area contributed by atoms with Crippen LogP contribution in [0.25, 0.3) is 11.2 Å². The summed E-state index contributed by atoms with van der Waals surface area (Å²) in [6, 6.07) is 0.739. The molecule has 0 unspecified atom stereocenters. The fourth-order valence-corrected chi connectivity index (χ4v) is 3.17. The van der Waals surface area contributed by atoms with Crippen molar-refractivity contribution in [2.75, 3.05) is 13.1 Å². The van der Waals surface area contributed by atoms with Crippen molar-refractivity contribution in [3.63, 3.8) is 0 Å². The highest BCUT2D eigenvalue weighted by Crippen LogP contribution is 2.04. The Morgan fingerprint density at radius 3 is 2.38 bits per heavy atom. The maximum atomic E-state index is 12.6. The fourth-order valence-electron chi connectivity index (χ4n) is 3.17. The number of amides is 1. The Bertz CT molecular complexity index is 898. The van der Waals surface area contributed by atoms with Gasteiger partial charge in [0.1, 0.15) is 6.54 Å². The molecule has 9 nitrogen and oxygen atoms in total. The van der Waals surface area contributed by atoms with Crippen molar-refractivity contribution < 1.29 is 4.79 Å². The minimum atomic E-state index is -0.553. The third kappa shape index (κ3) is 3.87. The van der Waals surface area contributed by atoms with Crippen molar-refractivity contribution in [1.29, 1.82) is 0 Å². The summed E-state index contributed by atoms with van der Waals surface area (Å²) in [6.07, 6.45) is 1.47. The zero-order chi connectivity index (χ0) is 19.6. The minimum Gasteiger partial charge on any atom is -0.353 e. The molecule has 0 spiro atoms. The van der Waals surface area contributed by atoms with Gasteiger partial charge in [-0.05, 0) is 27.7 Å². The molecule has 0 saturated carbocycles. The Kier molecular flexibility index (Phi) is 6.01. The van der Waals surface area contributed by atoms with Gasteiger partial charge in [-0.3, -0.25) is 19.1 Å². The lowest BCUT2D eigenvalue weighted by Gasteiger charge is -2.30. The van der Waals surface area contributed by atoms with E-state index in [1.165, 1.54) is 17.9 Å². The lowest BCUT2D eigenvalue weighted by Crippen LogP contribution is -2.46. The summed E-state index contributed by atoms with van der Waals surface area (Å²) in [6.45, 7) is 9.27. The SMILES string of the molecule is CC(C)N(CCNC(=O)Cn1c(=O)c2c(ncn2C)n(C)c1=O)C(C)C. The van der Waals surface area contributed by atoms with Crippen LogP contribution in [0.2, 0.25) is 0 Å². The number of hydrogen-bond acceptors (Lipinski definition) is 5. The summed E-state index contributed by atoms with van der Waals surface area (Å²) in [7, 11) is 3.21. The molecule has 0 aliphatic carbocycles. The summed E-state index contributed by atoms with van der Waals surface area (Å²) in [5, 5.41) is 2.79. The molecule has 0 fully saturated rings. The number of fused-ring (bicyclic) bond motifs is 1. The minimum absolute atomic E-state index is 0.297. The van der Waals surface area contributed by atoms with Crippen molar-refractivity contribution in [3.05, 3.63) is 27.2 Å². The standard InChI is InChI=1S/C17H28N6O3/c1-11(2)22(12(3)4)8-7-18-13(24)9-23-16(25)14-15(19-10-20(14)5)21(6)17(23)26/h10-12H,7-9H2,1-6H3,(H,18,24). The Morgan fingerprint density at radius 2 is 1.81 bits per heavy atom. The normalized spacial score (nSPS) is 11.9. The second kappa shape index (κ2) is 7.86. The van der Waals surface area contributed by atoms with E-state index in [0.29, 0.717) is 36.3 Å². The molecule has 1 amide bonds. The third-order valence-electron chi connectivity index (χ3n) is 4.52. The second-order valence-electron chi connectivity index (χ2n) is 7.04. The predicted octanol–water partition coefficient (Wildman–Crippen LogP) is -0.331. The van der Waals surface area contributed by atoms with Gasteiger partial charge in [-0.15, -0.1) is 0 Å². The Morgan fingerprint density at radius 1 is 1.19 bits per heavy atom. The Labute approximate surface area is 152 Å². The highest BCUT2D eigenvalue weighted by Gasteiger charge is 2.17. The van der Waals surface area contributed by atoms with Gasteiger partial charge >= 0.3 is 5.69 Å². The smallest absolute Gasteiger partial charge is 0.332 e. The van der Waals surface area contributed by atoms with Crippen molar-refractivity contribution in [2.24, 2.45) is 14.1 Å². The number of nitrogens with one attached hydrogen (secondary N) is 1. The van der Waals surface area contributed by atoms with Gasteiger partial charge in [0.05, 0.1) is 6.33 Å². The van der Waals surface area contributed by atoms with E-state index in [0.717, 1.165) is 4.57 Å². The van der Waals surface area contributed by atoms with Crippen molar-refractivity contribution >= 4 is 17.1 Å². The quantitative estimate of drug-likeness (QED) is 0.726. The molecule has 9 heteroatoms. The van der Waals surface area contributed by atoms with E-state index in [4.69, 9.17) is 0 Å². The summed E-state index contributed by atoms with van der Waals surface area (Å²) < 4.78 is 3.78. The van der Waals surface area contributed by atoms with Crippen LogP contribution in [0, 0.1) is 0 Å². The molecule has 2 aromatic rings. The average Bonchev–Trinajstić information content (AvgIpc) is 2.94. The van der Waals surface area contributed by atoms with Gasteiger partial charge in [0.2, 0.25) is 5.91 Å². The summed E-state index contributed by atoms with van der Waals surface area (Å²) >= 11 is 0. The first-order chi connectivity index (χ1) is 12.1. The molecule has 0 bridgehead atoms. The fraction of sp³-hybridized carbons (Fsp3) is 0.647. The molecular weight excluding hydrogens is 336 g/mol. The van der Waals surface area contributed by atoms with Gasteiger partial charge in [-0.1, -0.05) is 0 Å². The molecule has 26 heavy (non-hydrogen) atoms. The van der Waals surface area contributed by atoms with Crippen LogP contribution in [0.1, 0.15) is 27.7 Å². The predicted molar refractivity (Wildman–Crippen MR) is 100 cm³/mol.